The molecule has 1 aromatic rings. The van der Waals surface area contributed by atoms with Crippen molar-refractivity contribution in [3.63, 3.8) is 0 Å². The summed E-state index contributed by atoms with van der Waals surface area (Å²) in [5, 5.41) is 12.0. The van der Waals surface area contributed by atoms with E-state index in [0.29, 0.717) is 12.1 Å². The Morgan fingerprint density at radius 2 is 2.11 bits per heavy atom. The van der Waals surface area contributed by atoms with Crippen LogP contribution in [0.15, 0.2) is 18.5 Å². The minimum atomic E-state index is -0.196. The van der Waals surface area contributed by atoms with Gasteiger partial charge in [0.05, 0.1) is 11.8 Å². The average molecular weight is 251 g/mol. The van der Waals surface area contributed by atoms with Gasteiger partial charge < -0.3 is 15.3 Å². The Bertz CT molecular complexity index is 378. The number of hydrogen-bond donors (Lipinski definition) is 2. The number of carbonyl (C=O) groups excluding carboxylic acids is 1. The maximum atomic E-state index is 11.7. The molecule has 0 spiro atoms. The van der Waals surface area contributed by atoms with E-state index in [-0.39, 0.29) is 11.7 Å². The second kappa shape index (κ2) is 7.66. The zero-order valence-corrected chi connectivity index (χ0v) is 11.0. The highest BCUT2D eigenvalue weighted by molar-refractivity contribution is 5.94. The summed E-state index contributed by atoms with van der Waals surface area (Å²) in [4.78, 5) is 17.8. The highest BCUT2D eigenvalue weighted by atomic mass is 16.3. The van der Waals surface area contributed by atoms with Gasteiger partial charge in [-0.1, -0.05) is 13.8 Å². The van der Waals surface area contributed by atoms with Crippen molar-refractivity contribution in [1.29, 1.82) is 0 Å². The second-order valence-corrected chi connectivity index (χ2v) is 4.07. The molecular formula is C13H21N3O2. The standard InChI is InChI=1S/C13H21N3O2/c1-3-16(4-2)7-5-6-15-13(18)11-8-12(17)10-14-9-11/h8-10,17H,3-7H2,1-2H3,(H,15,18). The molecule has 0 fully saturated rings. The highest BCUT2D eigenvalue weighted by Crippen LogP contribution is 2.07. The maximum Gasteiger partial charge on any atom is 0.252 e. The summed E-state index contributed by atoms with van der Waals surface area (Å²) < 4.78 is 0. The van der Waals surface area contributed by atoms with Crippen LogP contribution in [0, 0.1) is 0 Å². The number of aromatic hydroxyl groups is 1. The molecule has 0 bridgehead atoms. The lowest BCUT2D eigenvalue weighted by molar-refractivity contribution is 0.0951. The van der Waals surface area contributed by atoms with E-state index < -0.39 is 0 Å². The van der Waals surface area contributed by atoms with Gasteiger partial charge in [0.15, 0.2) is 0 Å². The van der Waals surface area contributed by atoms with E-state index in [1.165, 1.54) is 18.5 Å². The summed E-state index contributed by atoms with van der Waals surface area (Å²) in [6.07, 6.45) is 3.66. The van der Waals surface area contributed by atoms with E-state index in [1.807, 2.05) is 0 Å². The van der Waals surface area contributed by atoms with Crippen molar-refractivity contribution in [1.82, 2.24) is 15.2 Å². The van der Waals surface area contributed by atoms with Crippen molar-refractivity contribution < 1.29 is 9.90 Å². The van der Waals surface area contributed by atoms with Crippen molar-refractivity contribution in [2.75, 3.05) is 26.2 Å². The van der Waals surface area contributed by atoms with Crippen molar-refractivity contribution in [3.8, 4) is 5.75 Å². The van der Waals surface area contributed by atoms with E-state index in [4.69, 9.17) is 0 Å². The minimum Gasteiger partial charge on any atom is -0.506 e. The molecule has 0 aliphatic heterocycles. The quantitative estimate of drug-likeness (QED) is 0.716. The summed E-state index contributed by atoms with van der Waals surface area (Å²) >= 11 is 0. The van der Waals surface area contributed by atoms with E-state index >= 15 is 0 Å². The molecule has 0 saturated heterocycles. The van der Waals surface area contributed by atoms with Crippen LogP contribution in [-0.4, -0.2) is 47.1 Å². The number of carbonyl (C=O) groups is 1. The van der Waals surface area contributed by atoms with Crippen molar-refractivity contribution in [2.45, 2.75) is 20.3 Å². The van der Waals surface area contributed by atoms with Crippen LogP contribution in [0.1, 0.15) is 30.6 Å². The number of pyridine rings is 1. The molecule has 18 heavy (non-hydrogen) atoms. The van der Waals surface area contributed by atoms with Gasteiger partial charge in [0.1, 0.15) is 5.75 Å². The van der Waals surface area contributed by atoms with Gasteiger partial charge in [0.25, 0.3) is 5.91 Å². The predicted octanol–water partition coefficient (Wildman–Crippen LogP) is 1.25. The molecule has 1 amide bonds. The lowest BCUT2D eigenvalue weighted by Gasteiger charge is -2.17. The molecule has 100 valence electrons. The smallest absolute Gasteiger partial charge is 0.252 e. The molecule has 0 aliphatic rings. The minimum absolute atomic E-state index is 0.00536. The number of hydrogen-bond acceptors (Lipinski definition) is 4. The molecule has 0 aliphatic carbocycles. The number of rotatable bonds is 7. The van der Waals surface area contributed by atoms with Crippen LogP contribution in [0.3, 0.4) is 0 Å². The van der Waals surface area contributed by atoms with Crippen molar-refractivity contribution in [3.05, 3.63) is 24.0 Å². The van der Waals surface area contributed by atoms with Gasteiger partial charge in [-0.2, -0.15) is 0 Å². The predicted molar refractivity (Wildman–Crippen MR) is 70.6 cm³/mol. The van der Waals surface area contributed by atoms with Gasteiger partial charge in [-0.05, 0) is 32.1 Å². The van der Waals surface area contributed by atoms with Crippen LogP contribution in [0.2, 0.25) is 0 Å². The fourth-order valence-corrected chi connectivity index (χ4v) is 1.70. The molecule has 0 atom stereocenters. The number of nitrogens with zero attached hydrogens (tertiary/aromatic N) is 2. The SMILES string of the molecule is CCN(CC)CCCNC(=O)c1cncc(O)c1. The Morgan fingerprint density at radius 1 is 1.39 bits per heavy atom. The summed E-state index contributed by atoms with van der Waals surface area (Å²) in [5.41, 5.74) is 0.387. The molecular weight excluding hydrogens is 230 g/mol. The third-order valence-electron chi connectivity index (χ3n) is 2.82. The van der Waals surface area contributed by atoms with E-state index in [2.05, 4.69) is 29.0 Å². The monoisotopic (exact) mass is 251 g/mol. The number of amides is 1. The Morgan fingerprint density at radius 3 is 2.72 bits per heavy atom. The first-order chi connectivity index (χ1) is 8.67. The van der Waals surface area contributed by atoms with Gasteiger partial charge >= 0.3 is 0 Å². The average Bonchev–Trinajstić information content (AvgIpc) is 2.38. The first-order valence-corrected chi connectivity index (χ1v) is 6.32. The van der Waals surface area contributed by atoms with E-state index in [1.54, 1.807) is 0 Å². The van der Waals surface area contributed by atoms with Crippen LogP contribution in [0.4, 0.5) is 0 Å². The molecule has 0 unspecified atom stereocenters. The van der Waals surface area contributed by atoms with Crippen LogP contribution >= 0.6 is 0 Å². The maximum absolute atomic E-state index is 11.7. The van der Waals surface area contributed by atoms with Gasteiger partial charge in [0.2, 0.25) is 0 Å². The Balaban J connectivity index is 2.29. The molecule has 0 aromatic carbocycles. The first-order valence-electron chi connectivity index (χ1n) is 6.32. The molecule has 1 rings (SSSR count). The van der Waals surface area contributed by atoms with Gasteiger partial charge in [0, 0.05) is 12.7 Å². The molecule has 1 aromatic heterocycles. The third-order valence-corrected chi connectivity index (χ3v) is 2.82. The normalized spacial score (nSPS) is 10.6. The van der Waals surface area contributed by atoms with Crippen molar-refractivity contribution >= 4 is 5.91 Å². The zero-order valence-electron chi connectivity index (χ0n) is 11.0. The highest BCUT2D eigenvalue weighted by Gasteiger charge is 2.06. The third kappa shape index (κ3) is 4.71. The Labute approximate surface area is 108 Å². The lowest BCUT2D eigenvalue weighted by atomic mass is 10.2. The topological polar surface area (TPSA) is 65.5 Å². The summed E-state index contributed by atoms with van der Waals surface area (Å²) in [6.45, 7) is 7.92. The molecule has 0 radical (unpaired) electrons. The van der Waals surface area contributed by atoms with Gasteiger partial charge in [-0.15, -0.1) is 0 Å². The second-order valence-electron chi connectivity index (χ2n) is 4.07. The molecule has 0 saturated carbocycles. The fraction of sp³-hybridized carbons (Fsp3) is 0.538. The fourth-order valence-electron chi connectivity index (χ4n) is 1.70. The summed E-state index contributed by atoms with van der Waals surface area (Å²) in [7, 11) is 0. The summed E-state index contributed by atoms with van der Waals surface area (Å²) in [6, 6.07) is 1.41. The molecule has 1 heterocycles. The number of aromatic nitrogens is 1. The van der Waals surface area contributed by atoms with E-state index in [0.717, 1.165) is 26.1 Å². The van der Waals surface area contributed by atoms with E-state index in [9.17, 15) is 9.90 Å². The zero-order chi connectivity index (χ0) is 13.4. The lowest BCUT2D eigenvalue weighted by Crippen LogP contribution is -2.29. The van der Waals surface area contributed by atoms with Crippen LogP contribution in [0.5, 0.6) is 5.75 Å². The first kappa shape index (κ1) is 14.4. The molecule has 5 heteroatoms. The molecule has 5 nitrogen and oxygen atoms in total. The molecule has 2 N–H and O–H groups in total. The number of nitrogens with one attached hydrogen (secondary N) is 1. The summed E-state index contributed by atoms with van der Waals surface area (Å²) in [5.74, 6) is -0.191. The van der Waals surface area contributed by atoms with Gasteiger partial charge in [-0.25, -0.2) is 0 Å². The van der Waals surface area contributed by atoms with Crippen LogP contribution < -0.4 is 5.32 Å². The van der Waals surface area contributed by atoms with Gasteiger partial charge in [-0.3, -0.25) is 9.78 Å². The van der Waals surface area contributed by atoms with Crippen molar-refractivity contribution in [2.24, 2.45) is 0 Å². The largest absolute Gasteiger partial charge is 0.506 e. The van der Waals surface area contributed by atoms with Crippen LogP contribution in [0.25, 0.3) is 0 Å². The Kier molecular flexibility index (Phi) is 6.14. The Hall–Kier alpha value is -1.62. The van der Waals surface area contributed by atoms with Crippen LogP contribution in [-0.2, 0) is 0 Å².